The number of aliphatic hydroxyl groups is 1. The van der Waals surface area contributed by atoms with E-state index < -0.39 is 0 Å². The van der Waals surface area contributed by atoms with Crippen molar-refractivity contribution in [1.82, 2.24) is 0 Å². The Bertz CT molecular complexity index is 164. The number of rotatable bonds is 1. The molecule has 3 unspecified atom stereocenters. The topological polar surface area (TPSA) is 70.0 Å². The number of nitrogens with two attached hydrogens (primary N) is 1. The normalized spacial score (nSPS) is 38.1. The molecular formula is C8H14N2O. The van der Waals surface area contributed by atoms with Gasteiger partial charge in [0.2, 0.25) is 0 Å². The molecule has 3 nitrogen and oxygen atoms in total. The van der Waals surface area contributed by atoms with Gasteiger partial charge in [0.25, 0.3) is 0 Å². The van der Waals surface area contributed by atoms with Gasteiger partial charge in [0.05, 0.1) is 12.2 Å². The molecule has 0 aromatic carbocycles. The zero-order valence-electron chi connectivity index (χ0n) is 6.53. The van der Waals surface area contributed by atoms with Crippen molar-refractivity contribution in [3.63, 3.8) is 0 Å². The van der Waals surface area contributed by atoms with Crippen LogP contribution < -0.4 is 5.73 Å². The first-order chi connectivity index (χ1) is 5.24. The molecule has 0 heterocycles. The Hall–Kier alpha value is -0.590. The maximum absolute atomic E-state index is 9.41. The van der Waals surface area contributed by atoms with Crippen molar-refractivity contribution in [3.8, 4) is 6.07 Å². The van der Waals surface area contributed by atoms with Gasteiger partial charge in [0.15, 0.2) is 0 Å². The number of nitrogens with zero attached hydrogens (tertiary/aromatic N) is 1. The summed E-state index contributed by atoms with van der Waals surface area (Å²) in [5.74, 6) is 0.115. The summed E-state index contributed by atoms with van der Waals surface area (Å²) < 4.78 is 0. The summed E-state index contributed by atoms with van der Waals surface area (Å²) >= 11 is 0. The average Bonchev–Trinajstić information content (AvgIpc) is 1.98. The van der Waals surface area contributed by atoms with E-state index in [4.69, 9.17) is 11.0 Å². The highest BCUT2D eigenvalue weighted by Crippen LogP contribution is 2.25. The van der Waals surface area contributed by atoms with E-state index >= 15 is 0 Å². The molecule has 1 aliphatic carbocycles. The van der Waals surface area contributed by atoms with Gasteiger partial charge < -0.3 is 10.8 Å². The van der Waals surface area contributed by atoms with Crippen LogP contribution in [-0.2, 0) is 0 Å². The first kappa shape index (κ1) is 8.51. The SMILES string of the molecule is N#CCC1CC(N)CCC1O. The average molecular weight is 154 g/mol. The van der Waals surface area contributed by atoms with Gasteiger partial charge in [0, 0.05) is 12.5 Å². The lowest BCUT2D eigenvalue weighted by Crippen LogP contribution is -2.36. The summed E-state index contributed by atoms with van der Waals surface area (Å²) in [4.78, 5) is 0. The third kappa shape index (κ3) is 2.18. The monoisotopic (exact) mass is 154 g/mol. The second-order valence-electron chi connectivity index (χ2n) is 3.26. The Balaban J connectivity index is 2.42. The third-order valence-electron chi connectivity index (χ3n) is 2.34. The maximum atomic E-state index is 9.41. The molecule has 62 valence electrons. The van der Waals surface area contributed by atoms with E-state index in [0.29, 0.717) is 6.42 Å². The smallest absolute Gasteiger partial charge is 0.0625 e. The van der Waals surface area contributed by atoms with E-state index in [1.54, 1.807) is 0 Å². The summed E-state index contributed by atoms with van der Waals surface area (Å²) in [6.07, 6.45) is 2.59. The molecular weight excluding hydrogens is 140 g/mol. The minimum absolute atomic E-state index is 0.115. The molecule has 0 saturated heterocycles. The molecule has 0 aromatic heterocycles. The molecule has 1 fully saturated rings. The van der Waals surface area contributed by atoms with E-state index in [2.05, 4.69) is 6.07 Å². The van der Waals surface area contributed by atoms with Crippen LogP contribution in [0.4, 0.5) is 0 Å². The second kappa shape index (κ2) is 3.70. The molecule has 1 saturated carbocycles. The van der Waals surface area contributed by atoms with Crippen LogP contribution in [0, 0.1) is 17.2 Å². The fourth-order valence-corrected chi connectivity index (χ4v) is 1.62. The van der Waals surface area contributed by atoms with Crippen LogP contribution in [0.15, 0.2) is 0 Å². The molecule has 0 spiro atoms. The lowest BCUT2D eigenvalue weighted by molar-refractivity contribution is 0.0651. The quantitative estimate of drug-likeness (QED) is 0.574. The van der Waals surface area contributed by atoms with Crippen LogP contribution in [0.1, 0.15) is 25.7 Å². The third-order valence-corrected chi connectivity index (χ3v) is 2.34. The summed E-state index contributed by atoms with van der Waals surface area (Å²) in [6.45, 7) is 0. The van der Waals surface area contributed by atoms with Gasteiger partial charge in [-0.05, 0) is 25.2 Å². The Morgan fingerprint density at radius 2 is 2.27 bits per heavy atom. The summed E-state index contributed by atoms with van der Waals surface area (Å²) in [5.41, 5.74) is 5.70. The second-order valence-corrected chi connectivity index (χ2v) is 3.26. The molecule has 3 heteroatoms. The highest BCUT2D eigenvalue weighted by Gasteiger charge is 2.26. The van der Waals surface area contributed by atoms with Crippen LogP contribution in [0.3, 0.4) is 0 Å². The van der Waals surface area contributed by atoms with E-state index in [0.717, 1.165) is 19.3 Å². The first-order valence-corrected chi connectivity index (χ1v) is 4.04. The Kier molecular flexibility index (Phi) is 2.86. The molecule has 11 heavy (non-hydrogen) atoms. The molecule has 3 atom stereocenters. The lowest BCUT2D eigenvalue weighted by Gasteiger charge is -2.29. The molecule has 0 radical (unpaired) electrons. The van der Waals surface area contributed by atoms with Gasteiger partial charge in [-0.25, -0.2) is 0 Å². The number of aliphatic hydroxyl groups excluding tert-OH is 1. The minimum atomic E-state index is -0.297. The predicted molar refractivity (Wildman–Crippen MR) is 41.6 cm³/mol. The lowest BCUT2D eigenvalue weighted by atomic mass is 9.82. The van der Waals surface area contributed by atoms with Crippen molar-refractivity contribution in [2.45, 2.75) is 37.8 Å². The Morgan fingerprint density at radius 1 is 1.55 bits per heavy atom. The van der Waals surface area contributed by atoms with Crippen LogP contribution in [0.5, 0.6) is 0 Å². The Morgan fingerprint density at radius 3 is 2.91 bits per heavy atom. The first-order valence-electron chi connectivity index (χ1n) is 4.04. The highest BCUT2D eigenvalue weighted by atomic mass is 16.3. The zero-order valence-corrected chi connectivity index (χ0v) is 6.53. The highest BCUT2D eigenvalue weighted by molar-refractivity contribution is 4.87. The summed E-state index contributed by atoms with van der Waals surface area (Å²) in [5, 5.41) is 17.8. The van der Waals surface area contributed by atoms with Gasteiger partial charge in [-0.2, -0.15) is 5.26 Å². The van der Waals surface area contributed by atoms with Gasteiger partial charge in [-0.3, -0.25) is 0 Å². The fraction of sp³-hybridized carbons (Fsp3) is 0.875. The molecule has 3 N–H and O–H groups in total. The minimum Gasteiger partial charge on any atom is -0.393 e. The van der Waals surface area contributed by atoms with Crippen molar-refractivity contribution >= 4 is 0 Å². The largest absolute Gasteiger partial charge is 0.393 e. The van der Waals surface area contributed by atoms with Crippen LogP contribution in [-0.4, -0.2) is 17.3 Å². The molecule has 0 aromatic rings. The van der Waals surface area contributed by atoms with Crippen molar-refractivity contribution in [3.05, 3.63) is 0 Å². The van der Waals surface area contributed by atoms with Gasteiger partial charge >= 0.3 is 0 Å². The van der Waals surface area contributed by atoms with E-state index in [1.165, 1.54) is 0 Å². The van der Waals surface area contributed by atoms with Crippen molar-refractivity contribution in [2.24, 2.45) is 11.7 Å². The fourth-order valence-electron chi connectivity index (χ4n) is 1.62. The maximum Gasteiger partial charge on any atom is 0.0625 e. The molecule has 1 aliphatic rings. The van der Waals surface area contributed by atoms with Crippen LogP contribution >= 0.6 is 0 Å². The van der Waals surface area contributed by atoms with Crippen LogP contribution in [0.2, 0.25) is 0 Å². The molecule has 0 aliphatic heterocycles. The zero-order chi connectivity index (χ0) is 8.27. The number of hydrogen-bond donors (Lipinski definition) is 2. The predicted octanol–water partition coefficient (Wildman–Crippen LogP) is 0.388. The summed E-state index contributed by atoms with van der Waals surface area (Å²) in [6, 6.07) is 2.26. The van der Waals surface area contributed by atoms with Gasteiger partial charge in [-0.15, -0.1) is 0 Å². The summed E-state index contributed by atoms with van der Waals surface area (Å²) in [7, 11) is 0. The van der Waals surface area contributed by atoms with E-state index in [-0.39, 0.29) is 18.1 Å². The van der Waals surface area contributed by atoms with Crippen molar-refractivity contribution in [1.29, 1.82) is 5.26 Å². The van der Waals surface area contributed by atoms with Crippen LogP contribution in [0.25, 0.3) is 0 Å². The molecule has 0 amide bonds. The molecule has 1 rings (SSSR count). The van der Waals surface area contributed by atoms with E-state index in [1.807, 2.05) is 0 Å². The van der Waals surface area contributed by atoms with Crippen molar-refractivity contribution < 1.29 is 5.11 Å². The van der Waals surface area contributed by atoms with E-state index in [9.17, 15) is 5.11 Å². The van der Waals surface area contributed by atoms with Gasteiger partial charge in [-0.1, -0.05) is 0 Å². The Labute approximate surface area is 66.8 Å². The van der Waals surface area contributed by atoms with Crippen molar-refractivity contribution in [2.75, 3.05) is 0 Å². The standard InChI is InChI=1S/C8H14N2O/c9-4-3-6-5-7(10)1-2-8(6)11/h6-8,11H,1-3,5,10H2. The molecule has 0 bridgehead atoms. The number of hydrogen-bond acceptors (Lipinski definition) is 3. The number of nitriles is 1. The van der Waals surface area contributed by atoms with Gasteiger partial charge in [0.1, 0.15) is 0 Å².